The largest absolute Gasteiger partial charge is 0.473 e. The third-order valence-corrected chi connectivity index (χ3v) is 2.22. The van der Waals surface area contributed by atoms with Crippen molar-refractivity contribution in [1.29, 1.82) is 0 Å². The fraction of sp³-hybridized carbons (Fsp3) is 1.00. The molecule has 126 valence electrons. The van der Waals surface area contributed by atoms with E-state index in [2.05, 4.69) is 9.85 Å². The van der Waals surface area contributed by atoms with Crippen molar-refractivity contribution >= 4 is 0 Å². The lowest BCUT2D eigenvalue weighted by Crippen LogP contribution is -2.60. The van der Waals surface area contributed by atoms with Gasteiger partial charge in [0.15, 0.2) is 12.8 Å². The number of azide groups is 1. The molecule has 0 fully saturated rings. The second kappa shape index (κ2) is 8.17. The van der Waals surface area contributed by atoms with Crippen LogP contribution in [-0.4, -0.2) is 51.9 Å². The first-order chi connectivity index (χ1) is 10.1. The van der Waals surface area contributed by atoms with Gasteiger partial charge in [-0.15, -0.1) is 0 Å². The Morgan fingerprint density at radius 1 is 1.23 bits per heavy atom. The zero-order valence-electron chi connectivity index (χ0n) is 10.1. The highest BCUT2D eigenvalue weighted by Gasteiger charge is 2.56. The topological polar surface area (TPSA) is 151 Å². The highest BCUT2D eigenvalue weighted by molar-refractivity contribution is 4.86. The SMILES string of the molecule is [N-]=[N+]=NC(OCC([N+](=O)[O-])[N+](=O)[O-])C(CF)(N(F)F)N(F)F. The Labute approximate surface area is 116 Å². The van der Waals surface area contributed by atoms with Crippen LogP contribution in [0.2, 0.25) is 0 Å². The molecule has 0 amide bonds. The van der Waals surface area contributed by atoms with Crippen LogP contribution in [0.3, 0.4) is 0 Å². The van der Waals surface area contributed by atoms with E-state index >= 15 is 0 Å². The summed E-state index contributed by atoms with van der Waals surface area (Å²) in [7, 11) is 0. The van der Waals surface area contributed by atoms with Gasteiger partial charge in [-0.05, 0) is 5.53 Å². The predicted molar refractivity (Wildman–Crippen MR) is 53.5 cm³/mol. The molecule has 1 atom stereocenters. The average molecular weight is 339 g/mol. The molecular formula is C5H6F5N7O5. The maximum Gasteiger partial charge on any atom is 0.473 e. The van der Waals surface area contributed by atoms with E-state index in [4.69, 9.17) is 5.53 Å². The molecule has 0 aliphatic heterocycles. The first kappa shape index (κ1) is 19.6. The fourth-order valence-electron chi connectivity index (χ4n) is 1.06. The second-order valence-electron chi connectivity index (χ2n) is 3.42. The predicted octanol–water partition coefficient (Wildman–Crippen LogP) is 1.33. The monoisotopic (exact) mass is 339 g/mol. The molecule has 0 aliphatic rings. The number of halogens is 5. The number of hydrogen-bond donors (Lipinski definition) is 0. The van der Waals surface area contributed by atoms with Gasteiger partial charge < -0.3 is 4.74 Å². The molecule has 0 heterocycles. The van der Waals surface area contributed by atoms with E-state index in [1.807, 2.05) is 4.91 Å². The van der Waals surface area contributed by atoms with E-state index < -0.39 is 51.9 Å². The third-order valence-electron chi connectivity index (χ3n) is 2.22. The van der Waals surface area contributed by atoms with Gasteiger partial charge in [0.05, 0.1) is 20.5 Å². The molecule has 0 radical (unpaired) electrons. The van der Waals surface area contributed by atoms with Crippen LogP contribution in [0.25, 0.3) is 10.4 Å². The van der Waals surface area contributed by atoms with E-state index in [1.54, 1.807) is 0 Å². The molecule has 0 saturated heterocycles. The van der Waals surface area contributed by atoms with Gasteiger partial charge in [0, 0.05) is 4.91 Å². The summed E-state index contributed by atoms with van der Waals surface area (Å²) in [6.07, 6.45) is -5.76. The molecule has 22 heavy (non-hydrogen) atoms. The van der Waals surface area contributed by atoms with Crippen LogP contribution in [0.4, 0.5) is 22.3 Å². The highest BCUT2D eigenvalue weighted by Crippen LogP contribution is 2.31. The Bertz CT molecular complexity index is 437. The summed E-state index contributed by atoms with van der Waals surface area (Å²) in [5.41, 5.74) is 3.87. The van der Waals surface area contributed by atoms with Gasteiger partial charge in [0.2, 0.25) is 0 Å². The van der Waals surface area contributed by atoms with Crippen LogP contribution in [0, 0.1) is 20.2 Å². The number of ether oxygens (including phenoxy) is 1. The van der Waals surface area contributed by atoms with Gasteiger partial charge >= 0.3 is 6.17 Å². The molecule has 0 aromatic rings. The Hall–Kier alpha value is -2.36. The van der Waals surface area contributed by atoms with Crippen molar-refractivity contribution < 1.29 is 36.9 Å². The van der Waals surface area contributed by atoms with E-state index in [0.29, 0.717) is 0 Å². The quantitative estimate of drug-likeness (QED) is 0.0850. The summed E-state index contributed by atoms with van der Waals surface area (Å²) >= 11 is 0. The Kier molecular flexibility index (Phi) is 7.30. The Morgan fingerprint density at radius 3 is 1.95 bits per heavy atom. The van der Waals surface area contributed by atoms with Crippen LogP contribution in [0.1, 0.15) is 0 Å². The molecule has 17 heteroatoms. The Balaban J connectivity index is 5.48. The summed E-state index contributed by atoms with van der Waals surface area (Å²) < 4.78 is 67.0. The van der Waals surface area contributed by atoms with Crippen LogP contribution in [0.15, 0.2) is 5.11 Å². The molecule has 0 saturated carbocycles. The van der Waals surface area contributed by atoms with Crippen LogP contribution in [0.5, 0.6) is 0 Å². The van der Waals surface area contributed by atoms with Gasteiger partial charge in [-0.25, -0.2) is 4.39 Å². The molecular weight excluding hydrogens is 333 g/mol. The van der Waals surface area contributed by atoms with Crippen molar-refractivity contribution in [2.75, 3.05) is 13.3 Å². The molecule has 1 unspecified atom stereocenters. The van der Waals surface area contributed by atoms with Gasteiger partial charge in [-0.3, -0.25) is 20.2 Å². The van der Waals surface area contributed by atoms with Gasteiger partial charge in [-0.2, -0.15) is 0 Å². The molecule has 0 spiro atoms. The smallest absolute Gasteiger partial charge is 0.353 e. The first-order valence-corrected chi connectivity index (χ1v) is 4.87. The third kappa shape index (κ3) is 4.07. The summed E-state index contributed by atoms with van der Waals surface area (Å²) in [5.74, 6) is 0. The van der Waals surface area contributed by atoms with Crippen molar-refractivity contribution in [3.63, 3.8) is 0 Å². The van der Waals surface area contributed by atoms with Crippen LogP contribution < -0.4 is 0 Å². The van der Waals surface area contributed by atoms with Crippen molar-refractivity contribution in [2.45, 2.75) is 18.1 Å². The Morgan fingerprint density at radius 2 is 1.68 bits per heavy atom. The normalized spacial score (nSPS) is 13.3. The minimum atomic E-state index is -4.23. The number of rotatable bonds is 10. The fourth-order valence-corrected chi connectivity index (χ4v) is 1.06. The molecule has 0 aliphatic carbocycles. The average Bonchev–Trinajstić information content (AvgIpc) is 2.38. The molecule has 12 nitrogen and oxygen atoms in total. The van der Waals surface area contributed by atoms with Crippen molar-refractivity contribution in [1.82, 2.24) is 10.7 Å². The second-order valence-corrected chi connectivity index (χ2v) is 3.42. The molecule has 0 aromatic carbocycles. The summed E-state index contributed by atoms with van der Waals surface area (Å²) in [4.78, 5) is 19.4. The van der Waals surface area contributed by atoms with Crippen LogP contribution >= 0.6 is 0 Å². The van der Waals surface area contributed by atoms with E-state index in [0.717, 1.165) is 0 Å². The lowest BCUT2D eigenvalue weighted by molar-refractivity contribution is -0.745. The lowest BCUT2D eigenvalue weighted by Gasteiger charge is -2.33. The molecule has 0 bridgehead atoms. The molecule has 0 rings (SSSR count). The summed E-state index contributed by atoms with van der Waals surface area (Å²) in [6.45, 7) is -4.18. The van der Waals surface area contributed by atoms with E-state index in [-0.39, 0.29) is 0 Å². The van der Waals surface area contributed by atoms with E-state index in [1.165, 1.54) is 0 Å². The zero-order valence-corrected chi connectivity index (χ0v) is 10.1. The number of nitrogens with zero attached hydrogens (tertiary/aromatic N) is 7. The zero-order chi connectivity index (χ0) is 17.5. The molecule has 0 N–H and O–H groups in total. The standard InChI is InChI=1S/C5H6F5N7O5/c6-2-5(16(7)8,17(9)10)4(12-13-11)22-1-3(14(18)19)15(20)21/h3-4H,1-2H2. The number of hydrogen-bond acceptors (Lipinski definition) is 8. The van der Waals surface area contributed by atoms with Crippen molar-refractivity contribution in [3.05, 3.63) is 30.7 Å². The number of alkyl halides is 1. The van der Waals surface area contributed by atoms with Gasteiger partial charge in [0.1, 0.15) is 6.67 Å². The minimum Gasteiger partial charge on any atom is -0.353 e. The van der Waals surface area contributed by atoms with Gasteiger partial charge in [0.25, 0.3) is 5.66 Å². The van der Waals surface area contributed by atoms with E-state index in [9.17, 15) is 42.5 Å². The van der Waals surface area contributed by atoms with Crippen molar-refractivity contribution in [2.24, 2.45) is 5.11 Å². The maximum absolute atomic E-state index is 12.7. The van der Waals surface area contributed by atoms with Crippen LogP contribution in [-0.2, 0) is 4.74 Å². The lowest BCUT2D eigenvalue weighted by atomic mass is 10.2. The first-order valence-electron chi connectivity index (χ1n) is 4.87. The van der Waals surface area contributed by atoms with Gasteiger partial charge in [-0.1, -0.05) is 23.0 Å². The maximum atomic E-state index is 12.7. The summed E-state index contributed by atoms with van der Waals surface area (Å²) in [5, 5.41) is 18.1. The summed E-state index contributed by atoms with van der Waals surface area (Å²) in [6, 6.07) is 0. The number of nitro groups is 2. The molecule has 0 aromatic heterocycles. The minimum absolute atomic E-state index is 1.52. The highest BCUT2D eigenvalue weighted by atomic mass is 19.4. The van der Waals surface area contributed by atoms with Crippen molar-refractivity contribution in [3.8, 4) is 0 Å².